The summed E-state index contributed by atoms with van der Waals surface area (Å²) in [6, 6.07) is 5.87. The van der Waals surface area contributed by atoms with Crippen LogP contribution in [0.2, 0.25) is 5.02 Å². The van der Waals surface area contributed by atoms with Crippen molar-refractivity contribution in [3.8, 4) is 0 Å². The number of halogens is 1. The topological polar surface area (TPSA) is 47.3 Å². The van der Waals surface area contributed by atoms with Gasteiger partial charge in [-0.1, -0.05) is 31.0 Å². The van der Waals surface area contributed by atoms with Crippen molar-refractivity contribution in [2.45, 2.75) is 25.8 Å². The molecule has 3 N–H and O–H groups in total. The molecule has 0 aromatic heterocycles. The standard InChI is InChI=1S/C12H19ClN2O/c1-3-5-9(8-16-2)15-11-7-4-6-10(13)12(11)14/h4,6-7,9,15H,3,5,8,14H2,1-2H3. The number of rotatable bonds is 6. The number of ether oxygens (including phenoxy) is 1. The van der Waals surface area contributed by atoms with Gasteiger partial charge in [0.15, 0.2) is 0 Å². The monoisotopic (exact) mass is 242 g/mol. The lowest BCUT2D eigenvalue weighted by Gasteiger charge is -2.20. The van der Waals surface area contributed by atoms with E-state index in [4.69, 9.17) is 22.1 Å². The number of nitrogens with one attached hydrogen (secondary N) is 1. The Morgan fingerprint density at radius 2 is 2.25 bits per heavy atom. The number of nitrogen functional groups attached to an aromatic ring is 1. The highest BCUT2D eigenvalue weighted by molar-refractivity contribution is 6.33. The van der Waals surface area contributed by atoms with Crippen LogP contribution < -0.4 is 11.1 Å². The summed E-state index contributed by atoms with van der Waals surface area (Å²) in [6.45, 7) is 2.81. The summed E-state index contributed by atoms with van der Waals surface area (Å²) in [5.74, 6) is 0. The van der Waals surface area contributed by atoms with Crippen molar-refractivity contribution in [2.75, 3.05) is 24.8 Å². The van der Waals surface area contributed by atoms with Gasteiger partial charge in [-0.25, -0.2) is 0 Å². The molecule has 0 aliphatic carbocycles. The molecule has 1 aromatic rings. The van der Waals surface area contributed by atoms with Crippen molar-refractivity contribution < 1.29 is 4.74 Å². The van der Waals surface area contributed by atoms with Crippen molar-refractivity contribution >= 4 is 23.0 Å². The molecule has 4 heteroatoms. The normalized spacial score (nSPS) is 12.4. The average molecular weight is 243 g/mol. The van der Waals surface area contributed by atoms with E-state index in [9.17, 15) is 0 Å². The molecule has 1 unspecified atom stereocenters. The molecule has 3 nitrogen and oxygen atoms in total. The van der Waals surface area contributed by atoms with Crippen LogP contribution in [0.4, 0.5) is 11.4 Å². The van der Waals surface area contributed by atoms with Crippen LogP contribution in [0.5, 0.6) is 0 Å². The largest absolute Gasteiger partial charge is 0.396 e. The highest BCUT2D eigenvalue weighted by Gasteiger charge is 2.10. The lowest BCUT2D eigenvalue weighted by atomic mass is 10.1. The van der Waals surface area contributed by atoms with Gasteiger partial charge in [0.2, 0.25) is 0 Å². The van der Waals surface area contributed by atoms with Gasteiger partial charge in [-0.2, -0.15) is 0 Å². The fourth-order valence-corrected chi connectivity index (χ4v) is 1.80. The Bertz CT molecular complexity index is 325. The zero-order valence-electron chi connectivity index (χ0n) is 9.79. The lowest BCUT2D eigenvalue weighted by Crippen LogP contribution is -2.25. The minimum Gasteiger partial charge on any atom is -0.396 e. The zero-order valence-corrected chi connectivity index (χ0v) is 10.6. The maximum atomic E-state index is 5.96. The van der Waals surface area contributed by atoms with E-state index in [0.717, 1.165) is 18.5 Å². The Hall–Kier alpha value is -0.930. The summed E-state index contributed by atoms with van der Waals surface area (Å²) in [5.41, 5.74) is 7.36. The third-order valence-electron chi connectivity index (χ3n) is 2.42. The van der Waals surface area contributed by atoms with Crippen LogP contribution in [0.15, 0.2) is 18.2 Å². The van der Waals surface area contributed by atoms with Gasteiger partial charge in [0.05, 0.1) is 23.0 Å². The first kappa shape index (κ1) is 13.1. The average Bonchev–Trinajstić information content (AvgIpc) is 2.25. The molecule has 1 aromatic carbocycles. The third kappa shape index (κ3) is 3.58. The van der Waals surface area contributed by atoms with Crippen LogP contribution in [0.1, 0.15) is 19.8 Å². The second-order valence-electron chi connectivity index (χ2n) is 3.79. The Kier molecular flexibility index (Phi) is 5.43. The molecule has 0 fully saturated rings. The Balaban J connectivity index is 2.72. The number of hydrogen-bond acceptors (Lipinski definition) is 3. The second-order valence-corrected chi connectivity index (χ2v) is 4.19. The molecule has 90 valence electrons. The maximum Gasteiger partial charge on any atom is 0.0739 e. The van der Waals surface area contributed by atoms with Crippen molar-refractivity contribution in [2.24, 2.45) is 0 Å². The summed E-state index contributed by atoms with van der Waals surface area (Å²) >= 11 is 5.96. The predicted molar refractivity (Wildman–Crippen MR) is 70.1 cm³/mol. The number of hydrogen-bond donors (Lipinski definition) is 2. The van der Waals surface area contributed by atoms with Gasteiger partial charge in [-0.3, -0.25) is 0 Å². The quantitative estimate of drug-likeness (QED) is 0.754. The van der Waals surface area contributed by atoms with E-state index in [-0.39, 0.29) is 6.04 Å². The molecular weight excluding hydrogens is 224 g/mol. The summed E-state index contributed by atoms with van der Waals surface area (Å²) in [4.78, 5) is 0. The number of anilines is 2. The van der Waals surface area contributed by atoms with E-state index < -0.39 is 0 Å². The van der Waals surface area contributed by atoms with Crippen molar-refractivity contribution in [3.05, 3.63) is 23.2 Å². The van der Waals surface area contributed by atoms with Crippen LogP contribution in [-0.2, 0) is 4.74 Å². The molecule has 1 atom stereocenters. The molecule has 0 saturated heterocycles. The first-order valence-corrected chi connectivity index (χ1v) is 5.86. The molecule has 0 heterocycles. The Morgan fingerprint density at radius 3 is 2.88 bits per heavy atom. The lowest BCUT2D eigenvalue weighted by molar-refractivity contribution is 0.182. The van der Waals surface area contributed by atoms with Gasteiger partial charge in [0.1, 0.15) is 0 Å². The van der Waals surface area contributed by atoms with E-state index in [2.05, 4.69) is 12.2 Å². The Morgan fingerprint density at radius 1 is 1.50 bits per heavy atom. The van der Waals surface area contributed by atoms with E-state index in [1.807, 2.05) is 12.1 Å². The molecule has 0 saturated carbocycles. The van der Waals surface area contributed by atoms with Gasteiger partial charge in [-0.15, -0.1) is 0 Å². The van der Waals surface area contributed by atoms with Gasteiger partial charge in [0, 0.05) is 13.2 Å². The minimum absolute atomic E-state index is 0.274. The van der Waals surface area contributed by atoms with Crippen molar-refractivity contribution in [1.29, 1.82) is 0 Å². The molecule has 0 spiro atoms. The SMILES string of the molecule is CCCC(COC)Nc1cccc(Cl)c1N. The summed E-state index contributed by atoms with van der Waals surface area (Å²) in [5, 5.41) is 3.94. The molecule has 16 heavy (non-hydrogen) atoms. The highest BCUT2D eigenvalue weighted by Crippen LogP contribution is 2.27. The molecule has 0 radical (unpaired) electrons. The molecule has 0 aliphatic heterocycles. The van der Waals surface area contributed by atoms with E-state index >= 15 is 0 Å². The van der Waals surface area contributed by atoms with Gasteiger partial charge < -0.3 is 15.8 Å². The molecule has 0 amide bonds. The van der Waals surface area contributed by atoms with Crippen LogP contribution in [0.25, 0.3) is 0 Å². The van der Waals surface area contributed by atoms with E-state index in [1.165, 1.54) is 0 Å². The predicted octanol–water partition coefficient (Wildman–Crippen LogP) is 3.15. The number of nitrogens with two attached hydrogens (primary N) is 1. The smallest absolute Gasteiger partial charge is 0.0739 e. The molecular formula is C12H19ClN2O. The summed E-state index contributed by atoms with van der Waals surface area (Å²) in [6.07, 6.45) is 2.14. The van der Waals surface area contributed by atoms with Crippen LogP contribution in [-0.4, -0.2) is 19.8 Å². The summed E-state index contributed by atoms with van der Waals surface area (Å²) < 4.78 is 5.16. The van der Waals surface area contributed by atoms with Gasteiger partial charge >= 0.3 is 0 Å². The van der Waals surface area contributed by atoms with E-state index in [0.29, 0.717) is 17.3 Å². The first-order chi connectivity index (χ1) is 7.69. The second kappa shape index (κ2) is 6.61. The highest BCUT2D eigenvalue weighted by atomic mass is 35.5. The van der Waals surface area contributed by atoms with Gasteiger partial charge in [-0.05, 0) is 18.6 Å². The van der Waals surface area contributed by atoms with Crippen LogP contribution in [0.3, 0.4) is 0 Å². The Labute approximate surface area is 102 Å². The number of methoxy groups -OCH3 is 1. The molecule has 1 rings (SSSR count). The fourth-order valence-electron chi connectivity index (χ4n) is 1.63. The summed E-state index contributed by atoms with van der Waals surface area (Å²) in [7, 11) is 1.70. The number of benzene rings is 1. The fraction of sp³-hybridized carbons (Fsp3) is 0.500. The van der Waals surface area contributed by atoms with Crippen molar-refractivity contribution in [3.63, 3.8) is 0 Å². The zero-order chi connectivity index (χ0) is 12.0. The van der Waals surface area contributed by atoms with E-state index in [1.54, 1.807) is 13.2 Å². The van der Waals surface area contributed by atoms with Crippen LogP contribution in [0, 0.1) is 0 Å². The minimum atomic E-state index is 0.274. The number of para-hydroxylation sites is 1. The third-order valence-corrected chi connectivity index (χ3v) is 2.75. The van der Waals surface area contributed by atoms with Crippen molar-refractivity contribution in [1.82, 2.24) is 0 Å². The molecule has 0 bridgehead atoms. The first-order valence-electron chi connectivity index (χ1n) is 5.48. The van der Waals surface area contributed by atoms with Gasteiger partial charge in [0.25, 0.3) is 0 Å². The van der Waals surface area contributed by atoms with Crippen LogP contribution >= 0.6 is 11.6 Å². The maximum absolute atomic E-state index is 5.96. The molecule has 0 aliphatic rings.